The first-order chi connectivity index (χ1) is 9.10. The van der Waals surface area contributed by atoms with Crippen LogP contribution in [0.5, 0.6) is 0 Å². The summed E-state index contributed by atoms with van der Waals surface area (Å²) in [7, 11) is 0. The minimum atomic E-state index is -0.347. The van der Waals surface area contributed by atoms with Gasteiger partial charge in [-0.15, -0.1) is 0 Å². The van der Waals surface area contributed by atoms with Crippen molar-refractivity contribution in [2.75, 3.05) is 0 Å². The molecule has 1 fully saturated rings. The Kier molecular flexibility index (Phi) is 4.21. The Hall–Kier alpha value is -1.82. The molecule has 100 valence electrons. The number of amides is 1. The van der Waals surface area contributed by atoms with Crippen LogP contribution in [-0.4, -0.2) is 11.9 Å². The van der Waals surface area contributed by atoms with Crippen molar-refractivity contribution in [3.63, 3.8) is 0 Å². The number of hydrogen-bond acceptors (Lipinski definition) is 2. The summed E-state index contributed by atoms with van der Waals surface area (Å²) in [5.74, 6) is 0.120. The van der Waals surface area contributed by atoms with Gasteiger partial charge in [0.1, 0.15) is 0 Å². The van der Waals surface area contributed by atoms with Crippen molar-refractivity contribution >= 4 is 5.91 Å². The van der Waals surface area contributed by atoms with E-state index in [0.717, 1.165) is 18.4 Å². The van der Waals surface area contributed by atoms with E-state index < -0.39 is 0 Å². The van der Waals surface area contributed by atoms with Gasteiger partial charge in [-0.25, -0.2) is 0 Å². The SMILES string of the molecule is CC(C)c1ccc(C(C#N)CC(=O)NC2CC2)cc1. The lowest BCUT2D eigenvalue weighted by atomic mass is 9.94. The molecule has 0 aromatic heterocycles. The molecule has 0 heterocycles. The maximum atomic E-state index is 11.7. The second kappa shape index (κ2) is 5.88. The van der Waals surface area contributed by atoms with Gasteiger partial charge in [0.15, 0.2) is 0 Å². The lowest BCUT2D eigenvalue weighted by Crippen LogP contribution is -2.26. The summed E-state index contributed by atoms with van der Waals surface area (Å²) >= 11 is 0. The highest BCUT2D eigenvalue weighted by molar-refractivity contribution is 5.78. The van der Waals surface area contributed by atoms with Crippen molar-refractivity contribution in [2.24, 2.45) is 0 Å². The fourth-order valence-electron chi connectivity index (χ4n) is 2.05. The van der Waals surface area contributed by atoms with Crippen LogP contribution in [0.3, 0.4) is 0 Å². The Morgan fingerprint density at radius 1 is 1.32 bits per heavy atom. The molecule has 1 unspecified atom stereocenters. The van der Waals surface area contributed by atoms with E-state index in [2.05, 4.69) is 25.2 Å². The molecule has 0 spiro atoms. The van der Waals surface area contributed by atoms with E-state index >= 15 is 0 Å². The molecule has 3 heteroatoms. The lowest BCUT2D eigenvalue weighted by Gasteiger charge is -2.11. The lowest BCUT2D eigenvalue weighted by molar-refractivity contribution is -0.121. The molecular formula is C16H20N2O. The van der Waals surface area contributed by atoms with Crippen LogP contribution < -0.4 is 5.32 Å². The second-order valence-electron chi connectivity index (χ2n) is 5.55. The summed E-state index contributed by atoms with van der Waals surface area (Å²) in [6, 6.07) is 10.6. The van der Waals surface area contributed by atoms with Gasteiger partial charge in [-0.1, -0.05) is 38.1 Å². The first-order valence-corrected chi connectivity index (χ1v) is 6.89. The Balaban J connectivity index is 2.00. The first-order valence-electron chi connectivity index (χ1n) is 6.89. The summed E-state index contributed by atoms with van der Waals surface area (Å²) in [5, 5.41) is 12.2. The van der Waals surface area contributed by atoms with Crippen molar-refractivity contribution in [3.05, 3.63) is 35.4 Å². The molecule has 1 atom stereocenters. The Labute approximate surface area is 114 Å². The third-order valence-electron chi connectivity index (χ3n) is 3.49. The van der Waals surface area contributed by atoms with Gasteiger partial charge >= 0.3 is 0 Å². The summed E-state index contributed by atoms with van der Waals surface area (Å²) in [5.41, 5.74) is 2.18. The number of carbonyl (C=O) groups is 1. The van der Waals surface area contributed by atoms with Crippen molar-refractivity contribution in [1.29, 1.82) is 5.26 Å². The molecule has 0 saturated heterocycles. The third-order valence-corrected chi connectivity index (χ3v) is 3.49. The fourth-order valence-corrected chi connectivity index (χ4v) is 2.05. The van der Waals surface area contributed by atoms with Gasteiger partial charge in [0.05, 0.1) is 12.0 Å². The van der Waals surface area contributed by atoms with Crippen LogP contribution in [0.25, 0.3) is 0 Å². The van der Waals surface area contributed by atoms with Gasteiger partial charge < -0.3 is 5.32 Å². The van der Waals surface area contributed by atoms with Gasteiger partial charge in [0.2, 0.25) is 5.91 Å². The van der Waals surface area contributed by atoms with Gasteiger partial charge in [-0.2, -0.15) is 5.26 Å². The summed E-state index contributed by atoms with van der Waals surface area (Å²) < 4.78 is 0. The molecule has 1 aromatic rings. The largest absolute Gasteiger partial charge is 0.353 e. The van der Waals surface area contributed by atoms with E-state index in [1.54, 1.807) is 0 Å². The van der Waals surface area contributed by atoms with Crippen molar-refractivity contribution in [2.45, 2.75) is 51.0 Å². The van der Waals surface area contributed by atoms with Crippen LogP contribution in [-0.2, 0) is 4.79 Å². The molecule has 0 radical (unpaired) electrons. The van der Waals surface area contributed by atoms with Gasteiger partial charge in [0, 0.05) is 12.5 Å². The molecule has 1 N–H and O–H groups in total. The zero-order valence-electron chi connectivity index (χ0n) is 11.5. The predicted octanol–water partition coefficient (Wildman–Crippen LogP) is 3.09. The summed E-state index contributed by atoms with van der Waals surface area (Å²) in [6.07, 6.45) is 2.41. The fraction of sp³-hybridized carbons (Fsp3) is 0.500. The minimum absolute atomic E-state index is 0.0120. The first kappa shape index (κ1) is 13.6. The van der Waals surface area contributed by atoms with Crippen molar-refractivity contribution < 1.29 is 4.79 Å². The van der Waals surface area contributed by atoms with Crippen LogP contribution >= 0.6 is 0 Å². The van der Waals surface area contributed by atoms with Gasteiger partial charge in [-0.05, 0) is 29.9 Å². The van der Waals surface area contributed by atoms with E-state index in [0.29, 0.717) is 12.0 Å². The molecule has 1 aliphatic carbocycles. The van der Waals surface area contributed by atoms with Crippen LogP contribution in [0.2, 0.25) is 0 Å². The van der Waals surface area contributed by atoms with E-state index in [1.165, 1.54) is 5.56 Å². The molecule has 1 amide bonds. The summed E-state index contributed by atoms with van der Waals surface area (Å²) in [6.45, 7) is 4.28. The molecule has 0 aliphatic heterocycles. The Morgan fingerprint density at radius 2 is 1.89 bits per heavy atom. The molecule has 3 nitrogen and oxygen atoms in total. The third kappa shape index (κ3) is 3.82. The van der Waals surface area contributed by atoms with Crippen LogP contribution in [0.4, 0.5) is 0 Å². The van der Waals surface area contributed by atoms with Crippen molar-refractivity contribution in [1.82, 2.24) is 5.32 Å². The number of hydrogen-bond donors (Lipinski definition) is 1. The topological polar surface area (TPSA) is 52.9 Å². The zero-order chi connectivity index (χ0) is 13.8. The normalized spacial score (nSPS) is 15.9. The maximum absolute atomic E-state index is 11.7. The van der Waals surface area contributed by atoms with Gasteiger partial charge in [0.25, 0.3) is 0 Å². The molecular weight excluding hydrogens is 236 g/mol. The smallest absolute Gasteiger partial charge is 0.221 e. The molecule has 1 aromatic carbocycles. The number of benzene rings is 1. The molecule has 19 heavy (non-hydrogen) atoms. The van der Waals surface area contributed by atoms with E-state index in [9.17, 15) is 10.1 Å². The molecule has 1 saturated carbocycles. The number of rotatable bonds is 5. The zero-order valence-corrected chi connectivity index (χ0v) is 11.5. The molecule has 1 aliphatic rings. The second-order valence-corrected chi connectivity index (χ2v) is 5.55. The maximum Gasteiger partial charge on any atom is 0.221 e. The number of nitrogens with one attached hydrogen (secondary N) is 1. The van der Waals surface area contributed by atoms with E-state index in [1.807, 2.05) is 24.3 Å². The predicted molar refractivity (Wildman–Crippen MR) is 74.7 cm³/mol. The number of nitrogens with zero attached hydrogens (tertiary/aromatic N) is 1. The van der Waals surface area contributed by atoms with Gasteiger partial charge in [-0.3, -0.25) is 4.79 Å². The van der Waals surface area contributed by atoms with Crippen LogP contribution in [0.1, 0.15) is 56.1 Å². The Bertz CT molecular complexity index is 480. The number of carbonyl (C=O) groups excluding carboxylic acids is 1. The average molecular weight is 256 g/mol. The standard InChI is InChI=1S/C16H20N2O/c1-11(2)12-3-5-13(6-4-12)14(10-17)9-16(19)18-15-7-8-15/h3-6,11,14-15H,7-9H2,1-2H3,(H,18,19). The van der Waals surface area contributed by atoms with E-state index in [-0.39, 0.29) is 18.2 Å². The highest BCUT2D eigenvalue weighted by Gasteiger charge is 2.25. The minimum Gasteiger partial charge on any atom is -0.353 e. The molecule has 0 bridgehead atoms. The van der Waals surface area contributed by atoms with E-state index in [4.69, 9.17) is 0 Å². The summed E-state index contributed by atoms with van der Waals surface area (Å²) in [4.78, 5) is 11.7. The molecule has 2 rings (SSSR count). The monoisotopic (exact) mass is 256 g/mol. The number of nitriles is 1. The average Bonchev–Trinajstić information content (AvgIpc) is 3.20. The quantitative estimate of drug-likeness (QED) is 0.880. The van der Waals surface area contributed by atoms with Crippen molar-refractivity contribution in [3.8, 4) is 6.07 Å². The van der Waals surface area contributed by atoms with Crippen LogP contribution in [0, 0.1) is 11.3 Å². The highest BCUT2D eigenvalue weighted by Crippen LogP contribution is 2.23. The highest BCUT2D eigenvalue weighted by atomic mass is 16.1. The Morgan fingerprint density at radius 3 is 2.37 bits per heavy atom. The van der Waals surface area contributed by atoms with Crippen LogP contribution in [0.15, 0.2) is 24.3 Å².